The Labute approximate surface area is 165 Å². The van der Waals surface area contributed by atoms with Gasteiger partial charge in [-0.05, 0) is 49.7 Å². The zero-order chi connectivity index (χ0) is 19.6. The fourth-order valence-corrected chi connectivity index (χ4v) is 2.89. The van der Waals surface area contributed by atoms with E-state index < -0.39 is 5.97 Å². The van der Waals surface area contributed by atoms with E-state index in [1.54, 1.807) is 31.2 Å². The molecule has 0 atom stereocenters. The van der Waals surface area contributed by atoms with Crippen LogP contribution in [0, 0.1) is 6.92 Å². The molecular weight excluding hydrogens is 391 g/mol. The molecule has 140 valence electrons. The zero-order valence-electron chi connectivity index (χ0n) is 14.5. The second kappa shape index (κ2) is 7.90. The molecule has 0 unspecified atom stereocenters. The van der Waals surface area contributed by atoms with Crippen LogP contribution in [0.2, 0.25) is 10.0 Å². The van der Waals surface area contributed by atoms with Crippen LogP contribution >= 0.6 is 23.2 Å². The minimum absolute atomic E-state index is 0.0911. The minimum Gasteiger partial charge on any atom is -0.504 e. The lowest BCUT2D eigenvalue weighted by molar-refractivity contribution is -0.135. The number of hydrogen-bond donors (Lipinski definition) is 2. The molecule has 1 aromatic heterocycles. The molecule has 0 bridgehead atoms. The van der Waals surface area contributed by atoms with E-state index in [4.69, 9.17) is 32.4 Å². The van der Waals surface area contributed by atoms with Gasteiger partial charge in [-0.2, -0.15) is 5.10 Å². The first-order valence-corrected chi connectivity index (χ1v) is 8.84. The molecule has 0 fully saturated rings. The highest BCUT2D eigenvalue weighted by Crippen LogP contribution is 2.33. The van der Waals surface area contributed by atoms with Gasteiger partial charge < -0.3 is 14.3 Å². The van der Waals surface area contributed by atoms with Gasteiger partial charge >= 0.3 is 5.97 Å². The minimum atomic E-state index is -0.749. The monoisotopic (exact) mass is 406 g/mol. The van der Waals surface area contributed by atoms with Gasteiger partial charge in [0.15, 0.2) is 5.75 Å². The summed E-state index contributed by atoms with van der Waals surface area (Å²) < 4.78 is 10.7. The lowest BCUT2D eigenvalue weighted by Crippen LogP contribution is -2.20. The first kappa shape index (κ1) is 19.1. The fraction of sp³-hybridized carbons (Fsp3) is 0.158. The molecule has 3 rings (SSSR count). The van der Waals surface area contributed by atoms with E-state index in [0.29, 0.717) is 26.7 Å². The number of carbonyl (C=O) groups excluding carboxylic acids is 1. The van der Waals surface area contributed by atoms with E-state index in [1.807, 2.05) is 13.0 Å². The van der Waals surface area contributed by atoms with Gasteiger partial charge in [0.2, 0.25) is 11.5 Å². The van der Waals surface area contributed by atoms with Crippen LogP contribution in [0.1, 0.15) is 18.2 Å². The summed E-state index contributed by atoms with van der Waals surface area (Å²) in [6.45, 7) is 3.70. The molecule has 2 N–H and O–H groups in total. The maximum Gasteiger partial charge on any atom is 0.362 e. The molecular formula is C19H16Cl2N2O4. The molecule has 27 heavy (non-hydrogen) atoms. The van der Waals surface area contributed by atoms with Crippen LogP contribution < -0.4 is 5.43 Å². The third-order valence-corrected chi connectivity index (χ3v) is 4.27. The number of hydrazone groups is 1. The Morgan fingerprint density at radius 2 is 2.04 bits per heavy atom. The number of esters is 1. The summed E-state index contributed by atoms with van der Waals surface area (Å²) in [5.74, 6) is -1.03. The van der Waals surface area contributed by atoms with Gasteiger partial charge in [0.1, 0.15) is 5.58 Å². The summed E-state index contributed by atoms with van der Waals surface area (Å²) in [5, 5.41) is 15.8. The number of furan rings is 1. The van der Waals surface area contributed by atoms with E-state index in [1.165, 1.54) is 6.07 Å². The predicted molar refractivity (Wildman–Crippen MR) is 106 cm³/mol. The molecule has 0 amide bonds. The lowest BCUT2D eigenvalue weighted by atomic mass is 10.1. The number of aryl methyl sites for hydroxylation is 1. The molecule has 0 aliphatic heterocycles. The molecule has 3 aromatic rings. The first-order chi connectivity index (χ1) is 12.9. The van der Waals surface area contributed by atoms with Crippen molar-refractivity contribution in [3.63, 3.8) is 0 Å². The Morgan fingerprint density at radius 3 is 2.74 bits per heavy atom. The Morgan fingerprint density at radius 1 is 1.26 bits per heavy atom. The van der Waals surface area contributed by atoms with Crippen LogP contribution in [0.3, 0.4) is 0 Å². The van der Waals surface area contributed by atoms with Crippen molar-refractivity contribution in [2.45, 2.75) is 13.8 Å². The number of halogens is 2. The fourth-order valence-electron chi connectivity index (χ4n) is 2.44. The third-order valence-electron chi connectivity index (χ3n) is 3.72. The number of carbonyl (C=O) groups is 1. The van der Waals surface area contributed by atoms with Crippen LogP contribution in [-0.4, -0.2) is 23.4 Å². The second-order valence-electron chi connectivity index (χ2n) is 5.70. The molecule has 0 radical (unpaired) electrons. The SMILES string of the molecule is CCOC(=O)/C(=N\Nc1ccc(Cl)cc1Cl)c1oc2cc(C)ccc2c1O. The van der Waals surface area contributed by atoms with E-state index in [0.717, 1.165) is 5.56 Å². The third kappa shape index (κ3) is 4.02. The van der Waals surface area contributed by atoms with Gasteiger partial charge in [0.05, 0.1) is 22.7 Å². The van der Waals surface area contributed by atoms with Gasteiger partial charge in [-0.15, -0.1) is 0 Å². The second-order valence-corrected chi connectivity index (χ2v) is 6.54. The molecule has 0 saturated heterocycles. The number of rotatable bonds is 5. The zero-order valence-corrected chi connectivity index (χ0v) is 16.1. The lowest BCUT2D eigenvalue weighted by Gasteiger charge is -2.07. The number of hydrogen-bond acceptors (Lipinski definition) is 6. The standard InChI is InChI=1S/C19H16Cl2N2O4/c1-3-26-19(25)16(23-22-14-7-5-11(20)9-13(14)21)18-17(24)12-6-4-10(2)8-15(12)27-18/h4-9,22,24H,3H2,1-2H3/b23-16-. The van der Waals surface area contributed by atoms with Crippen LogP contribution in [0.5, 0.6) is 5.75 Å². The van der Waals surface area contributed by atoms with Crippen LogP contribution in [0.4, 0.5) is 5.69 Å². The summed E-state index contributed by atoms with van der Waals surface area (Å²) in [7, 11) is 0. The number of aromatic hydroxyl groups is 1. The normalized spacial score (nSPS) is 11.6. The molecule has 0 spiro atoms. The molecule has 0 aliphatic rings. The molecule has 6 nitrogen and oxygen atoms in total. The number of anilines is 1. The quantitative estimate of drug-likeness (QED) is 0.348. The predicted octanol–water partition coefficient (Wildman–Crippen LogP) is 5.13. The Bertz CT molecular complexity index is 1040. The Hall–Kier alpha value is -2.70. The van der Waals surface area contributed by atoms with Gasteiger partial charge in [-0.3, -0.25) is 5.43 Å². The van der Waals surface area contributed by atoms with Gasteiger partial charge in [-0.1, -0.05) is 29.3 Å². The van der Waals surface area contributed by atoms with Gasteiger partial charge in [-0.25, -0.2) is 4.79 Å². The summed E-state index contributed by atoms with van der Waals surface area (Å²) in [6.07, 6.45) is 0. The van der Waals surface area contributed by atoms with E-state index in [9.17, 15) is 9.90 Å². The number of benzene rings is 2. The first-order valence-electron chi connectivity index (χ1n) is 8.09. The van der Waals surface area contributed by atoms with Crippen molar-refractivity contribution in [3.05, 3.63) is 57.8 Å². The largest absolute Gasteiger partial charge is 0.504 e. The summed E-state index contributed by atoms with van der Waals surface area (Å²) in [5.41, 5.74) is 4.28. The van der Waals surface area contributed by atoms with Crippen molar-refractivity contribution in [1.82, 2.24) is 0 Å². The summed E-state index contributed by atoms with van der Waals surface area (Å²) in [6, 6.07) is 10.1. The van der Waals surface area contributed by atoms with Crippen LogP contribution in [0.25, 0.3) is 11.0 Å². The molecule has 8 heteroatoms. The number of nitrogens with zero attached hydrogens (tertiary/aromatic N) is 1. The highest BCUT2D eigenvalue weighted by Gasteiger charge is 2.26. The Kier molecular flexibility index (Phi) is 5.58. The van der Waals surface area contributed by atoms with E-state index in [2.05, 4.69) is 10.5 Å². The average molecular weight is 407 g/mol. The maximum atomic E-state index is 12.4. The molecule has 0 saturated carbocycles. The number of fused-ring (bicyclic) bond motifs is 1. The van der Waals surface area contributed by atoms with Crippen molar-refractivity contribution in [3.8, 4) is 5.75 Å². The molecule has 2 aromatic carbocycles. The number of ether oxygens (including phenoxy) is 1. The van der Waals surface area contributed by atoms with Crippen molar-refractivity contribution in [2.75, 3.05) is 12.0 Å². The highest BCUT2D eigenvalue weighted by molar-refractivity contribution is 6.43. The van der Waals surface area contributed by atoms with Crippen molar-refractivity contribution in [2.24, 2.45) is 5.10 Å². The van der Waals surface area contributed by atoms with Crippen molar-refractivity contribution in [1.29, 1.82) is 0 Å². The topological polar surface area (TPSA) is 84.1 Å². The van der Waals surface area contributed by atoms with Crippen molar-refractivity contribution < 1.29 is 19.1 Å². The van der Waals surface area contributed by atoms with E-state index >= 15 is 0 Å². The Balaban J connectivity index is 2.06. The van der Waals surface area contributed by atoms with E-state index in [-0.39, 0.29) is 23.8 Å². The average Bonchev–Trinajstić information content (AvgIpc) is 2.93. The molecule has 0 aliphatic carbocycles. The van der Waals surface area contributed by atoms with Gasteiger partial charge in [0, 0.05) is 5.02 Å². The maximum absolute atomic E-state index is 12.4. The summed E-state index contributed by atoms with van der Waals surface area (Å²) in [4.78, 5) is 12.4. The van der Waals surface area contributed by atoms with Gasteiger partial charge in [0.25, 0.3) is 0 Å². The molecule has 1 heterocycles. The van der Waals surface area contributed by atoms with Crippen LogP contribution in [-0.2, 0) is 9.53 Å². The van der Waals surface area contributed by atoms with Crippen LogP contribution in [0.15, 0.2) is 45.9 Å². The summed E-state index contributed by atoms with van der Waals surface area (Å²) >= 11 is 12.0. The smallest absolute Gasteiger partial charge is 0.362 e. The highest BCUT2D eigenvalue weighted by atomic mass is 35.5. The number of nitrogens with one attached hydrogen (secondary N) is 1. The van der Waals surface area contributed by atoms with Crippen molar-refractivity contribution >= 4 is 51.5 Å².